The molecule has 2 fully saturated rings. The SMILES string of the molecule is N#Cc1cccc(NC(=O)C2CC(=O)N(c3ccc(N4CCCCC4)cc3)C2)c1. The Morgan fingerprint density at radius 3 is 2.48 bits per heavy atom. The van der Waals surface area contributed by atoms with Crippen molar-refractivity contribution in [2.75, 3.05) is 34.8 Å². The fraction of sp³-hybridized carbons (Fsp3) is 0.348. The minimum Gasteiger partial charge on any atom is -0.372 e. The van der Waals surface area contributed by atoms with Crippen LogP contribution in [-0.2, 0) is 9.59 Å². The number of nitrogens with zero attached hydrogens (tertiary/aromatic N) is 3. The molecular formula is C23H24N4O2. The number of nitriles is 1. The number of amides is 2. The molecule has 6 heteroatoms. The summed E-state index contributed by atoms with van der Waals surface area (Å²) in [4.78, 5) is 29.2. The first-order valence-electron chi connectivity index (χ1n) is 10.1. The minimum atomic E-state index is -0.407. The van der Waals surface area contributed by atoms with Crippen molar-refractivity contribution < 1.29 is 9.59 Å². The molecular weight excluding hydrogens is 364 g/mol. The molecule has 2 aromatic carbocycles. The normalized spacial score (nSPS) is 19.1. The molecule has 0 bridgehead atoms. The summed E-state index contributed by atoms with van der Waals surface area (Å²) in [7, 11) is 0. The zero-order chi connectivity index (χ0) is 20.2. The third-order valence-electron chi connectivity index (χ3n) is 5.64. The van der Waals surface area contributed by atoms with E-state index in [9.17, 15) is 9.59 Å². The number of anilines is 3. The number of rotatable bonds is 4. The van der Waals surface area contributed by atoms with Gasteiger partial charge in [-0.3, -0.25) is 9.59 Å². The van der Waals surface area contributed by atoms with Gasteiger partial charge in [-0.05, 0) is 61.7 Å². The molecule has 1 atom stereocenters. The van der Waals surface area contributed by atoms with Crippen molar-refractivity contribution in [2.45, 2.75) is 25.7 Å². The van der Waals surface area contributed by atoms with Crippen LogP contribution in [0.5, 0.6) is 0 Å². The maximum absolute atomic E-state index is 12.6. The lowest BCUT2D eigenvalue weighted by Crippen LogP contribution is -2.30. The van der Waals surface area contributed by atoms with Crippen LogP contribution in [0.25, 0.3) is 0 Å². The standard InChI is InChI=1S/C23H24N4O2/c24-15-17-5-4-6-19(13-17)25-23(29)18-14-22(28)27(16-18)21-9-7-20(8-10-21)26-11-2-1-3-12-26/h4-10,13,18H,1-3,11-12,14,16H2,(H,25,29). The zero-order valence-corrected chi connectivity index (χ0v) is 16.3. The highest BCUT2D eigenvalue weighted by Gasteiger charge is 2.35. The van der Waals surface area contributed by atoms with Crippen LogP contribution in [-0.4, -0.2) is 31.4 Å². The molecule has 1 unspecified atom stereocenters. The van der Waals surface area contributed by atoms with E-state index >= 15 is 0 Å². The Kier molecular flexibility index (Phi) is 5.48. The van der Waals surface area contributed by atoms with E-state index in [0.29, 0.717) is 17.8 Å². The molecule has 29 heavy (non-hydrogen) atoms. The molecule has 2 saturated heterocycles. The Morgan fingerprint density at radius 1 is 1.03 bits per heavy atom. The summed E-state index contributed by atoms with van der Waals surface area (Å²) < 4.78 is 0. The molecule has 0 radical (unpaired) electrons. The van der Waals surface area contributed by atoms with Crippen LogP contribution in [0, 0.1) is 17.2 Å². The van der Waals surface area contributed by atoms with E-state index in [0.717, 1.165) is 18.8 Å². The Morgan fingerprint density at radius 2 is 1.76 bits per heavy atom. The molecule has 148 valence electrons. The van der Waals surface area contributed by atoms with Crippen molar-refractivity contribution in [1.29, 1.82) is 5.26 Å². The van der Waals surface area contributed by atoms with Crippen LogP contribution < -0.4 is 15.1 Å². The summed E-state index contributed by atoms with van der Waals surface area (Å²) in [5.74, 6) is -0.641. The maximum Gasteiger partial charge on any atom is 0.229 e. The fourth-order valence-corrected chi connectivity index (χ4v) is 4.04. The van der Waals surface area contributed by atoms with Gasteiger partial charge in [0.2, 0.25) is 11.8 Å². The second kappa shape index (κ2) is 8.36. The number of carbonyl (C=O) groups excluding carboxylic acids is 2. The van der Waals surface area contributed by atoms with Crippen molar-refractivity contribution in [1.82, 2.24) is 0 Å². The number of carbonyl (C=O) groups is 2. The minimum absolute atomic E-state index is 0.0401. The molecule has 1 N–H and O–H groups in total. The molecule has 2 amide bonds. The van der Waals surface area contributed by atoms with Crippen molar-refractivity contribution in [3.63, 3.8) is 0 Å². The van der Waals surface area contributed by atoms with Gasteiger partial charge in [-0.1, -0.05) is 6.07 Å². The Balaban J connectivity index is 1.40. The van der Waals surface area contributed by atoms with Gasteiger partial charge in [0.05, 0.1) is 17.6 Å². The quantitative estimate of drug-likeness (QED) is 0.869. The van der Waals surface area contributed by atoms with Crippen molar-refractivity contribution >= 4 is 28.9 Å². The summed E-state index contributed by atoms with van der Waals surface area (Å²) in [5.41, 5.74) is 3.08. The van der Waals surface area contributed by atoms with Crippen LogP contribution in [0.15, 0.2) is 48.5 Å². The number of hydrogen-bond donors (Lipinski definition) is 1. The molecule has 6 nitrogen and oxygen atoms in total. The first kappa shape index (κ1) is 19.0. The van der Waals surface area contributed by atoms with Crippen LogP contribution in [0.1, 0.15) is 31.2 Å². The third-order valence-corrected chi connectivity index (χ3v) is 5.64. The van der Waals surface area contributed by atoms with Crippen molar-refractivity contribution in [3.8, 4) is 6.07 Å². The highest BCUT2D eigenvalue weighted by Crippen LogP contribution is 2.29. The van der Waals surface area contributed by atoms with Crippen molar-refractivity contribution in [3.05, 3.63) is 54.1 Å². The first-order chi connectivity index (χ1) is 14.1. The molecule has 2 aliphatic heterocycles. The van der Waals surface area contributed by atoms with Gasteiger partial charge in [-0.15, -0.1) is 0 Å². The van der Waals surface area contributed by atoms with Gasteiger partial charge >= 0.3 is 0 Å². The lowest BCUT2D eigenvalue weighted by Gasteiger charge is -2.29. The smallest absolute Gasteiger partial charge is 0.229 e. The summed E-state index contributed by atoms with van der Waals surface area (Å²) >= 11 is 0. The number of piperidine rings is 1. The van der Waals surface area contributed by atoms with E-state index < -0.39 is 5.92 Å². The van der Waals surface area contributed by atoms with Gasteiger partial charge in [-0.2, -0.15) is 5.26 Å². The third kappa shape index (κ3) is 4.24. The van der Waals surface area contributed by atoms with Crippen molar-refractivity contribution in [2.24, 2.45) is 5.92 Å². The average molecular weight is 388 g/mol. The number of nitrogens with one attached hydrogen (secondary N) is 1. The number of benzene rings is 2. The van der Waals surface area contributed by atoms with Gasteiger partial charge < -0.3 is 15.1 Å². The topological polar surface area (TPSA) is 76.4 Å². The molecule has 0 spiro atoms. The molecule has 0 aromatic heterocycles. The van der Waals surface area contributed by atoms with E-state index in [1.807, 2.05) is 12.1 Å². The molecule has 0 aliphatic carbocycles. The van der Waals surface area contributed by atoms with Gasteiger partial charge in [0.15, 0.2) is 0 Å². The molecule has 0 saturated carbocycles. The van der Waals surface area contributed by atoms with Gasteiger partial charge in [0.1, 0.15) is 0 Å². The molecule has 4 rings (SSSR count). The lowest BCUT2D eigenvalue weighted by molar-refractivity contribution is -0.122. The lowest BCUT2D eigenvalue weighted by atomic mass is 10.1. The molecule has 2 aromatic rings. The Labute approximate surface area is 170 Å². The zero-order valence-electron chi connectivity index (χ0n) is 16.3. The predicted octanol–water partition coefficient (Wildman–Crippen LogP) is 3.54. The summed E-state index contributed by atoms with van der Waals surface area (Å²) in [5, 5.41) is 11.8. The van der Waals surface area contributed by atoms with E-state index in [1.54, 1.807) is 29.2 Å². The Bertz CT molecular complexity index is 942. The van der Waals surface area contributed by atoms with Crippen LogP contribution in [0.3, 0.4) is 0 Å². The van der Waals surface area contributed by atoms with E-state index in [2.05, 4.69) is 28.4 Å². The van der Waals surface area contributed by atoms with Crippen LogP contribution in [0.4, 0.5) is 17.1 Å². The second-order valence-electron chi connectivity index (χ2n) is 7.65. The maximum atomic E-state index is 12.6. The Hall–Kier alpha value is -3.33. The van der Waals surface area contributed by atoms with Gasteiger partial charge in [0.25, 0.3) is 0 Å². The first-order valence-corrected chi connectivity index (χ1v) is 10.1. The molecule has 2 heterocycles. The highest BCUT2D eigenvalue weighted by atomic mass is 16.2. The summed E-state index contributed by atoms with van der Waals surface area (Å²) in [6.45, 7) is 2.53. The summed E-state index contributed by atoms with van der Waals surface area (Å²) in [6, 6.07) is 16.9. The largest absolute Gasteiger partial charge is 0.372 e. The second-order valence-corrected chi connectivity index (χ2v) is 7.65. The van der Waals surface area contributed by atoms with E-state index in [1.165, 1.54) is 24.9 Å². The number of hydrogen-bond acceptors (Lipinski definition) is 4. The van der Waals surface area contributed by atoms with Gasteiger partial charge in [0, 0.05) is 43.1 Å². The molecule has 2 aliphatic rings. The van der Waals surface area contributed by atoms with E-state index in [4.69, 9.17) is 5.26 Å². The predicted molar refractivity (Wildman–Crippen MR) is 113 cm³/mol. The summed E-state index contributed by atoms with van der Waals surface area (Å²) in [6.07, 6.45) is 3.93. The van der Waals surface area contributed by atoms with Gasteiger partial charge in [-0.25, -0.2) is 0 Å². The highest BCUT2D eigenvalue weighted by molar-refractivity contribution is 6.03. The fourth-order valence-electron chi connectivity index (χ4n) is 4.04. The van der Waals surface area contributed by atoms with Crippen LogP contribution >= 0.6 is 0 Å². The van der Waals surface area contributed by atoms with Crippen LogP contribution in [0.2, 0.25) is 0 Å². The average Bonchev–Trinajstić information content (AvgIpc) is 3.16. The van der Waals surface area contributed by atoms with E-state index in [-0.39, 0.29) is 18.2 Å². The monoisotopic (exact) mass is 388 g/mol.